The molecule has 12 heteroatoms. The molecule has 1 aromatic carbocycles. The first-order valence-corrected chi connectivity index (χ1v) is 9.94. The molecule has 0 N–H and O–H groups in total. The van der Waals surface area contributed by atoms with Gasteiger partial charge in [0.05, 0.1) is 30.2 Å². The van der Waals surface area contributed by atoms with Gasteiger partial charge in [-0.05, 0) is 26.0 Å². The standard InChI is InChI=1S/C19H19F3N2O6S/c1-3-28-16(26)9-15(25)24(14-8-6-5-7-13(14)17(27)29-4-2)30-10-12-11-31-18(23-12)19(20,21)22/h5-8,11H,3-4,9-10H2,1-2H3. The van der Waals surface area contributed by atoms with E-state index in [-0.39, 0.29) is 30.2 Å². The third-order valence-corrected chi connectivity index (χ3v) is 4.52. The number of aromatic nitrogens is 1. The molecular weight excluding hydrogens is 441 g/mol. The molecule has 0 fully saturated rings. The van der Waals surface area contributed by atoms with Gasteiger partial charge in [0.1, 0.15) is 13.0 Å². The van der Waals surface area contributed by atoms with E-state index in [0.29, 0.717) is 16.4 Å². The predicted octanol–water partition coefficient (Wildman–Crippen LogP) is 3.76. The number of carbonyl (C=O) groups excluding carboxylic acids is 3. The molecule has 0 unspecified atom stereocenters. The van der Waals surface area contributed by atoms with Crippen LogP contribution in [-0.4, -0.2) is 36.0 Å². The number of anilines is 1. The number of alkyl halides is 3. The molecule has 0 aliphatic heterocycles. The third kappa shape index (κ3) is 6.76. The molecule has 1 amide bonds. The van der Waals surface area contributed by atoms with Gasteiger partial charge in [0.15, 0.2) is 5.01 Å². The van der Waals surface area contributed by atoms with Crippen molar-refractivity contribution in [1.82, 2.24) is 4.98 Å². The minimum Gasteiger partial charge on any atom is -0.466 e. The van der Waals surface area contributed by atoms with Crippen molar-refractivity contribution in [3.63, 3.8) is 0 Å². The summed E-state index contributed by atoms with van der Waals surface area (Å²) in [6.07, 6.45) is -5.32. The summed E-state index contributed by atoms with van der Waals surface area (Å²) in [5.74, 6) is -2.46. The Morgan fingerprint density at radius 2 is 1.77 bits per heavy atom. The van der Waals surface area contributed by atoms with Gasteiger partial charge in [0.25, 0.3) is 5.91 Å². The molecule has 0 aliphatic rings. The number of para-hydroxylation sites is 1. The quantitative estimate of drug-likeness (QED) is 0.319. The number of hydroxylamine groups is 1. The van der Waals surface area contributed by atoms with Gasteiger partial charge >= 0.3 is 18.1 Å². The van der Waals surface area contributed by atoms with Crippen LogP contribution in [0.15, 0.2) is 29.6 Å². The maximum absolute atomic E-state index is 12.8. The molecule has 31 heavy (non-hydrogen) atoms. The summed E-state index contributed by atoms with van der Waals surface area (Å²) in [6, 6.07) is 5.79. The number of nitrogens with zero attached hydrogens (tertiary/aromatic N) is 2. The van der Waals surface area contributed by atoms with Gasteiger partial charge in [0, 0.05) is 5.38 Å². The highest BCUT2D eigenvalue weighted by molar-refractivity contribution is 7.09. The highest BCUT2D eigenvalue weighted by Gasteiger charge is 2.34. The number of benzene rings is 1. The molecule has 0 radical (unpaired) electrons. The normalized spacial score (nSPS) is 11.1. The molecule has 0 saturated heterocycles. The molecule has 8 nitrogen and oxygen atoms in total. The van der Waals surface area contributed by atoms with Crippen LogP contribution in [0, 0.1) is 0 Å². The fourth-order valence-corrected chi connectivity index (χ4v) is 3.02. The van der Waals surface area contributed by atoms with Crippen LogP contribution in [0.2, 0.25) is 0 Å². The Balaban J connectivity index is 2.31. The Bertz CT molecular complexity index is 931. The number of hydrogen-bond acceptors (Lipinski definition) is 8. The summed E-state index contributed by atoms with van der Waals surface area (Å²) in [7, 11) is 0. The number of carbonyl (C=O) groups is 3. The van der Waals surface area contributed by atoms with E-state index in [4.69, 9.17) is 14.3 Å². The van der Waals surface area contributed by atoms with E-state index >= 15 is 0 Å². The molecule has 1 aromatic heterocycles. The largest absolute Gasteiger partial charge is 0.466 e. The van der Waals surface area contributed by atoms with Crippen molar-refractivity contribution in [3.8, 4) is 0 Å². The summed E-state index contributed by atoms with van der Waals surface area (Å²) in [5.41, 5.74) is -0.155. The van der Waals surface area contributed by atoms with Gasteiger partial charge < -0.3 is 9.47 Å². The van der Waals surface area contributed by atoms with Crippen LogP contribution in [0.3, 0.4) is 0 Å². The van der Waals surface area contributed by atoms with Crippen LogP contribution in [-0.2, 0) is 36.7 Å². The van der Waals surface area contributed by atoms with E-state index in [9.17, 15) is 27.6 Å². The lowest BCUT2D eigenvalue weighted by Gasteiger charge is -2.23. The van der Waals surface area contributed by atoms with Gasteiger partial charge in [-0.25, -0.2) is 9.78 Å². The number of amides is 1. The van der Waals surface area contributed by atoms with Gasteiger partial charge in [-0.1, -0.05) is 12.1 Å². The first-order valence-electron chi connectivity index (χ1n) is 9.06. The second-order valence-electron chi connectivity index (χ2n) is 5.82. The number of hydrogen-bond donors (Lipinski definition) is 0. The average molecular weight is 460 g/mol. The Kier molecular flexibility index (Phi) is 8.51. The number of ether oxygens (including phenoxy) is 2. The van der Waals surface area contributed by atoms with Crippen molar-refractivity contribution in [2.24, 2.45) is 0 Å². The Labute approximate surface area is 179 Å². The van der Waals surface area contributed by atoms with Crippen molar-refractivity contribution >= 4 is 34.9 Å². The second-order valence-corrected chi connectivity index (χ2v) is 6.68. The first kappa shape index (κ1) is 24.3. The lowest BCUT2D eigenvalue weighted by atomic mass is 10.1. The zero-order valence-electron chi connectivity index (χ0n) is 16.6. The zero-order valence-corrected chi connectivity index (χ0v) is 17.4. The first-order chi connectivity index (χ1) is 14.7. The highest BCUT2D eigenvalue weighted by atomic mass is 32.1. The Hall–Kier alpha value is -2.99. The van der Waals surface area contributed by atoms with E-state index in [1.807, 2.05) is 0 Å². The molecule has 2 rings (SSSR count). The van der Waals surface area contributed by atoms with Crippen LogP contribution in [0.5, 0.6) is 0 Å². The van der Waals surface area contributed by atoms with Crippen LogP contribution in [0.4, 0.5) is 18.9 Å². The fraction of sp³-hybridized carbons (Fsp3) is 0.368. The Morgan fingerprint density at radius 1 is 1.10 bits per heavy atom. The average Bonchev–Trinajstić information content (AvgIpc) is 3.18. The van der Waals surface area contributed by atoms with Crippen LogP contribution in [0.25, 0.3) is 0 Å². The van der Waals surface area contributed by atoms with E-state index < -0.39 is 42.1 Å². The van der Waals surface area contributed by atoms with E-state index in [1.54, 1.807) is 13.8 Å². The van der Waals surface area contributed by atoms with Crippen molar-refractivity contribution in [2.75, 3.05) is 18.3 Å². The van der Waals surface area contributed by atoms with Crippen molar-refractivity contribution < 1.29 is 41.9 Å². The SMILES string of the molecule is CCOC(=O)CC(=O)N(OCc1csc(C(F)(F)F)n1)c1ccccc1C(=O)OCC. The Morgan fingerprint density at radius 3 is 2.39 bits per heavy atom. The summed E-state index contributed by atoms with van der Waals surface area (Å²) in [5, 5.41) is 0.728. The minimum atomic E-state index is -4.61. The number of esters is 2. The topological polar surface area (TPSA) is 95.0 Å². The number of thiazole rings is 1. The van der Waals surface area contributed by atoms with E-state index in [2.05, 4.69) is 4.98 Å². The monoisotopic (exact) mass is 460 g/mol. The van der Waals surface area contributed by atoms with E-state index in [0.717, 1.165) is 5.38 Å². The summed E-state index contributed by atoms with van der Waals surface area (Å²) < 4.78 is 48.0. The van der Waals surface area contributed by atoms with Gasteiger partial charge in [-0.15, -0.1) is 11.3 Å². The molecule has 0 atom stereocenters. The van der Waals surface area contributed by atoms with Crippen molar-refractivity contribution in [3.05, 3.63) is 45.9 Å². The number of halogens is 3. The zero-order chi connectivity index (χ0) is 23.0. The lowest BCUT2D eigenvalue weighted by molar-refractivity contribution is -0.147. The van der Waals surface area contributed by atoms with Crippen LogP contribution in [0.1, 0.15) is 41.3 Å². The minimum absolute atomic E-state index is 0.0317. The summed E-state index contributed by atoms with van der Waals surface area (Å²) in [4.78, 5) is 45.5. The van der Waals surface area contributed by atoms with Gasteiger partial charge in [-0.3, -0.25) is 14.4 Å². The maximum atomic E-state index is 12.8. The van der Waals surface area contributed by atoms with Crippen molar-refractivity contribution in [2.45, 2.75) is 33.1 Å². The van der Waals surface area contributed by atoms with Crippen molar-refractivity contribution in [1.29, 1.82) is 0 Å². The molecular formula is C19H19F3N2O6S. The number of rotatable bonds is 9. The molecule has 2 aromatic rings. The molecule has 168 valence electrons. The van der Waals surface area contributed by atoms with Gasteiger partial charge in [-0.2, -0.15) is 18.2 Å². The molecule has 1 heterocycles. The fourth-order valence-electron chi connectivity index (χ4n) is 2.35. The molecule has 0 spiro atoms. The molecule has 0 aliphatic carbocycles. The molecule has 0 bridgehead atoms. The smallest absolute Gasteiger partial charge is 0.443 e. The lowest BCUT2D eigenvalue weighted by Crippen LogP contribution is -2.34. The van der Waals surface area contributed by atoms with Crippen LogP contribution >= 0.6 is 11.3 Å². The summed E-state index contributed by atoms with van der Waals surface area (Å²) in [6.45, 7) is 2.77. The highest BCUT2D eigenvalue weighted by Crippen LogP contribution is 2.32. The predicted molar refractivity (Wildman–Crippen MR) is 103 cm³/mol. The van der Waals surface area contributed by atoms with Crippen LogP contribution < -0.4 is 5.06 Å². The third-order valence-electron chi connectivity index (χ3n) is 3.58. The second kappa shape index (κ2) is 10.9. The summed E-state index contributed by atoms with van der Waals surface area (Å²) >= 11 is 0.376. The maximum Gasteiger partial charge on any atom is 0.443 e. The molecule has 0 saturated carbocycles. The van der Waals surface area contributed by atoms with Gasteiger partial charge in [0.2, 0.25) is 0 Å². The van der Waals surface area contributed by atoms with E-state index in [1.165, 1.54) is 24.3 Å².